The lowest BCUT2D eigenvalue weighted by atomic mass is 10.1. The van der Waals surface area contributed by atoms with Gasteiger partial charge < -0.3 is 5.32 Å². The Bertz CT molecular complexity index is 493. The Morgan fingerprint density at radius 1 is 1.33 bits per heavy atom. The summed E-state index contributed by atoms with van der Waals surface area (Å²) in [5.41, 5.74) is 2.60. The van der Waals surface area contributed by atoms with Gasteiger partial charge in [-0.25, -0.2) is 0 Å². The number of halogens is 1. The number of aryl methyl sites for hydroxylation is 1. The third-order valence-corrected chi connectivity index (χ3v) is 4.92. The highest BCUT2D eigenvalue weighted by atomic mass is 79.9. The van der Waals surface area contributed by atoms with Crippen molar-refractivity contribution in [2.45, 2.75) is 32.9 Å². The third-order valence-electron chi connectivity index (χ3n) is 3.08. The van der Waals surface area contributed by atoms with E-state index < -0.39 is 0 Å². The van der Waals surface area contributed by atoms with Crippen LogP contribution in [0.2, 0.25) is 0 Å². The lowest BCUT2D eigenvalue weighted by Gasteiger charge is -2.15. The number of hydrogen-bond acceptors (Lipinski definition) is 2. The maximum Gasteiger partial charge on any atom is 0.0414 e. The quantitative estimate of drug-likeness (QED) is 0.810. The van der Waals surface area contributed by atoms with E-state index in [2.05, 4.69) is 70.8 Å². The first-order valence-electron chi connectivity index (χ1n) is 6.22. The Kier molecular flexibility index (Phi) is 4.98. The van der Waals surface area contributed by atoms with Crippen molar-refractivity contribution in [2.75, 3.05) is 0 Å². The van der Waals surface area contributed by atoms with Gasteiger partial charge in [0.2, 0.25) is 0 Å². The van der Waals surface area contributed by atoms with Gasteiger partial charge in [-0.2, -0.15) is 0 Å². The Morgan fingerprint density at radius 2 is 2.17 bits per heavy atom. The summed E-state index contributed by atoms with van der Waals surface area (Å²) >= 11 is 5.41. The van der Waals surface area contributed by atoms with Crippen LogP contribution in [0.1, 0.15) is 35.4 Å². The molecule has 0 spiro atoms. The van der Waals surface area contributed by atoms with Gasteiger partial charge in [-0.1, -0.05) is 41.1 Å². The summed E-state index contributed by atoms with van der Waals surface area (Å²) in [6, 6.07) is 11.3. The molecule has 0 aliphatic carbocycles. The number of benzene rings is 1. The van der Waals surface area contributed by atoms with E-state index in [1.54, 1.807) is 0 Å². The van der Waals surface area contributed by atoms with Gasteiger partial charge in [-0.05, 0) is 42.0 Å². The predicted molar refractivity (Wildman–Crippen MR) is 83.1 cm³/mol. The standard InChI is InChI=1S/C15H18BrNS/c1-3-14(15-5-4-8-18-15)17-10-12-7-6-11(2)13(16)9-12/h4-9,14,17H,3,10H2,1-2H3. The van der Waals surface area contributed by atoms with Crippen LogP contribution in [0.15, 0.2) is 40.2 Å². The Hall–Kier alpha value is -0.640. The molecule has 0 amide bonds. The summed E-state index contributed by atoms with van der Waals surface area (Å²) in [4.78, 5) is 1.42. The fraction of sp³-hybridized carbons (Fsp3) is 0.333. The van der Waals surface area contributed by atoms with Gasteiger partial charge in [0.15, 0.2) is 0 Å². The average molecular weight is 324 g/mol. The molecule has 1 aromatic carbocycles. The van der Waals surface area contributed by atoms with E-state index in [-0.39, 0.29) is 0 Å². The molecular formula is C15H18BrNS. The number of hydrogen-bond donors (Lipinski definition) is 1. The van der Waals surface area contributed by atoms with Crippen molar-refractivity contribution in [3.8, 4) is 0 Å². The molecule has 1 nitrogen and oxygen atoms in total. The molecule has 1 atom stereocenters. The second kappa shape index (κ2) is 6.50. The monoisotopic (exact) mass is 323 g/mol. The van der Waals surface area contributed by atoms with Gasteiger partial charge in [0, 0.05) is 21.9 Å². The maximum atomic E-state index is 3.62. The molecular weight excluding hydrogens is 306 g/mol. The highest BCUT2D eigenvalue weighted by molar-refractivity contribution is 9.10. The van der Waals surface area contributed by atoms with Crippen molar-refractivity contribution in [3.05, 3.63) is 56.2 Å². The van der Waals surface area contributed by atoms with Crippen LogP contribution < -0.4 is 5.32 Å². The minimum Gasteiger partial charge on any atom is -0.305 e. The van der Waals surface area contributed by atoms with Crippen molar-refractivity contribution < 1.29 is 0 Å². The minimum atomic E-state index is 0.463. The van der Waals surface area contributed by atoms with Crippen LogP contribution in [0, 0.1) is 6.92 Å². The maximum absolute atomic E-state index is 3.62. The zero-order valence-corrected chi connectivity index (χ0v) is 13.1. The minimum absolute atomic E-state index is 0.463. The fourth-order valence-electron chi connectivity index (χ4n) is 1.92. The predicted octanol–water partition coefficient (Wildman–Crippen LogP) is 5.06. The highest BCUT2D eigenvalue weighted by Gasteiger charge is 2.09. The molecule has 1 unspecified atom stereocenters. The first-order valence-corrected chi connectivity index (χ1v) is 7.89. The molecule has 1 heterocycles. The lowest BCUT2D eigenvalue weighted by Crippen LogP contribution is -2.19. The zero-order valence-electron chi connectivity index (χ0n) is 10.7. The van der Waals surface area contributed by atoms with Crippen molar-refractivity contribution in [1.82, 2.24) is 5.32 Å². The van der Waals surface area contributed by atoms with E-state index in [1.165, 1.54) is 20.5 Å². The molecule has 0 aliphatic heterocycles. The van der Waals surface area contributed by atoms with Crippen LogP contribution in [0.5, 0.6) is 0 Å². The molecule has 0 radical (unpaired) electrons. The molecule has 0 saturated carbocycles. The Morgan fingerprint density at radius 3 is 2.78 bits per heavy atom. The summed E-state index contributed by atoms with van der Waals surface area (Å²) in [5.74, 6) is 0. The molecule has 0 saturated heterocycles. The van der Waals surface area contributed by atoms with Gasteiger partial charge in [0.05, 0.1) is 0 Å². The summed E-state index contributed by atoms with van der Waals surface area (Å²) in [7, 11) is 0. The summed E-state index contributed by atoms with van der Waals surface area (Å²) in [6.45, 7) is 5.25. The third kappa shape index (κ3) is 3.44. The molecule has 3 heteroatoms. The van der Waals surface area contributed by atoms with E-state index in [0.717, 1.165) is 13.0 Å². The Labute approximate surface area is 121 Å². The van der Waals surface area contributed by atoms with Crippen LogP contribution in [0.25, 0.3) is 0 Å². The first kappa shape index (κ1) is 13.8. The SMILES string of the molecule is CCC(NCc1ccc(C)c(Br)c1)c1cccs1. The van der Waals surface area contributed by atoms with Gasteiger partial charge in [-0.15, -0.1) is 11.3 Å². The molecule has 2 rings (SSSR count). The molecule has 2 aromatic rings. The molecule has 1 aromatic heterocycles. The lowest BCUT2D eigenvalue weighted by molar-refractivity contribution is 0.526. The van der Waals surface area contributed by atoms with E-state index in [0.29, 0.717) is 6.04 Å². The van der Waals surface area contributed by atoms with Gasteiger partial charge in [0.1, 0.15) is 0 Å². The zero-order chi connectivity index (χ0) is 13.0. The van der Waals surface area contributed by atoms with E-state index in [1.807, 2.05) is 11.3 Å². The average Bonchev–Trinajstić information content (AvgIpc) is 2.88. The van der Waals surface area contributed by atoms with Crippen molar-refractivity contribution >= 4 is 27.3 Å². The van der Waals surface area contributed by atoms with Crippen molar-refractivity contribution in [3.63, 3.8) is 0 Å². The van der Waals surface area contributed by atoms with E-state index in [4.69, 9.17) is 0 Å². The molecule has 0 fully saturated rings. The second-order valence-corrected chi connectivity index (χ2v) is 6.27. The number of thiophene rings is 1. The normalized spacial score (nSPS) is 12.6. The van der Waals surface area contributed by atoms with Gasteiger partial charge in [0.25, 0.3) is 0 Å². The highest BCUT2D eigenvalue weighted by Crippen LogP contribution is 2.23. The van der Waals surface area contributed by atoms with Gasteiger partial charge >= 0.3 is 0 Å². The van der Waals surface area contributed by atoms with Crippen LogP contribution in [-0.2, 0) is 6.54 Å². The van der Waals surface area contributed by atoms with Crippen molar-refractivity contribution in [1.29, 1.82) is 0 Å². The molecule has 1 N–H and O–H groups in total. The first-order chi connectivity index (χ1) is 8.70. The van der Waals surface area contributed by atoms with Crippen LogP contribution in [0.4, 0.5) is 0 Å². The number of nitrogens with one attached hydrogen (secondary N) is 1. The largest absolute Gasteiger partial charge is 0.305 e. The summed E-state index contributed by atoms with van der Waals surface area (Å²) in [5, 5.41) is 5.77. The van der Waals surface area contributed by atoms with E-state index >= 15 is 0 Å². The van der Waals surface area contributed by atoms with Crippen LogP contribution in [-0.4, -0.2) is 0 Å². The fourth-order valence-corrected chi connectivity index (χ4v) is 3.23. The van der Waals surface area contributed by atoms with Gasteiger partial charge in [-0.3, -0.25) is 0 Å². The smallest absolute Gasteiger partial charge is 0.0414 e. The van der Waals surface area contributed by atoms with E-state index in [9.17, 15) is 0 Å². The molecule has 0 aliphatic rings. The summed E-state index contributed by atoms with van der Waals surface area (Å²) < 4.78 is 1.19. The molecule has 96 valence electrons. The van der Waals surface area contributed by atoms with Crippen molar-refractivity contribution in [2.24, 2.45) is 0 Å². The second-order valence-electron chi connectivity index (χ2n) is 4.44. The number of rotatable bonds is 5. The van der Waals surface area contributed by atoms with Crippen LogP contribution in [0.3, 0.4) is 0 Å². The van der Waals surface area contributed by atoms with Crippen LogP contribution >= 0.6 is 27.3 Å². The topological polar surface area (TPSA) is 12.0 Å². The Balaban J connectivity index is 1.99. The molecule has 18 heavy (non-hydrogen) atoms. The molecule has 0 bridgehead atoms. The summed E-state index contributed by atoms with van der Waals surface area (Å²) in [6.07, 6.45) is 1.12.